The third-order valence-corrected chi connectivity index (χ3v) is 5.95. The fourth-order valence-electron chi connectivity index (χ4n) is 3.35. The molecule has 3 amide bonds. The molecule has 2 heterocycles. The van der Waals surface area contributed by atoms with Gasteiger partial charge in [0.15, 0.2) is 0 Å². The van der Waals surface area contributed by atoms with Crippen molar-refractivity contribution in [2.75, 3.05) is 20.2 Å². The third-order valence-electron chi connectivity index (χ3n) is 5.05. The zero-order chi connectivity index (χ0) is 23.4. The van der Waals surface area contributed by atoms with Gasteiger partial charge in [-0.05, 0) is 42.5 Å². The molecule has 0 atom stereocenters. The molecule has 0 radical (unpaired) electrons. The molecular formula is C24H21N3O5S. The van der Waals surface area contributed by atoms with E-state index in [1.807, 2.05) is 30.3 Å². The molecule has 9 heteroatoms. The number of carbonyl (C=O) groups excluding carboxylic acids is 3. The number of hydrogen-bond acceptors (Lipinski definition) is 7. The topological polar surface area (TPSA) is 102 Å². The number of carbonyl (C=O) groups is 3. The van der Waals surface area contributed by atoms with Crippen molar-refractivity contribution in [3.05, 3.63) is 76.4 Å². The van der Waals surface area contributed by atoms with Gasteiger partial charge in [-0.25, -0.2) is 0 Å². The van der Waals surface area contributed by atoms with E-state index in [9.17, 15) is 14.4 Å². The van der Waals surface area contributed by atoms with Crippen LogP contribution in [0.2, 0.25) is 0 Å². The van der Waals surface area contributed by atoms with Crippen LogP contribution < -0.4 is 10.1 Å². The van der Waals surface area contributed by atoms with Gasteiger partial charge >= 0.3 is 0 Å². The Morgan fingerprint density at radius 1 is 1.15 bits per heavy atom. The van der Waals surface area contributed by atoms with Crippen molar-refractivity contribution >= 4 is 34.9 Å². The van der Waals surface area contributed by atoms with Crippen LogP contribution in [-0.4, -0.2) is 47.3 Å². The van der Waals surface area contributed by atoms with E-state index in [4.69, 9.17) is 9.26 Å². The average Bonchev–Trinajstić information content (AvgIpc) is 3.34. The fourth-order valence-corrected chi connectivity index (χ4v) is 4.21. The summed E-state index contributed by atoms with van der Waals surface area (Å²) in [5.41, 5.74) is 2.31. The lowest BCUT2D eigenvalue weighted by Gasteiger charge is -2.13. The quantitative estimate of drug-likeness (QED) is 0.526. The second-order valence-electron chi connectivity index (χ2n) is 7.19. The van der Waals surface area contributed by atoms with Crippen LogP contribution in [0.4, 0.5) is 4.79 Å². The van der Waals surface area contributed by atoms with Gasteiger partial charge in [-0.1, -0.05) is 47.6 Å². The van der Waals surface area contributed by atoms with Gasteiger partial charge in [-0.15, -0.1) is 0 Å². The van der Waals surface area contributed by atoms with Crippen LogP contribution in [-0.2, 0) is 4.79 Å². The molecule has 33 heavy (non-hydrogen) atoms. The van der Waals surface area contributed by atoms with Gasteiger partial charge in [0.2, 0.25) is 0 Å². The van der Waals surface area contributed by atoms with E-state index in [-0.39, 0.29) is 30.1 Å². The first kappa shape index (κ1) is 22.3. The molecule has 1 fully saturated rings. The minimum absolute atomic E-state index is 0.0569. The number of methoxy groups -OCH3 is 1. The van der Waals surface area contributed by atoms with Crippen molar-refractivity contribution in [1.82, 2.24) is 15.4 Å². The Hall–Kier alpha value is -3.85. The number of aryl methyl sites for hydroxylation is 1. The molecule has 0 aliphatic carbocycles. The Morgan fingerprint density at radius 3 is 2.58 bits per heavy atom. The van der Waals surface area contributed by atoms with E-state index >= 15 is 0 Å². The molecule has 168 valence electrons. The zero-order valence-corrected chi connectivity index (χ0v) is 18.8. The summed E-state index contributed by atoms with van der Waals surface area (Å²) in [4.78, 5) is 39.3. The number of rotatable bonds is 7. The standard InChI is InChI=1S/C24H21N3O5S/c1-15-20(21(26-32-15)17-6-4-3-5-7-17)22(28)25-12-13-27-23(29)19(33-24(27)30)14-16-8-10-18(31-2)11-9-16/h3-11,14H,12-13H2,1-2H3,(H,25,28)/b19-14-. The summed E-state index contributed by atoms with van der Waals surface area (Å²) in [7, 11) is 1.58. The van der Waals surface area contributed by atoms with Crippen molar-refractivity contribution < 1.29 is 23.6 Å². The normalized spacial score (nSPS) is 14.7. The summed E-state index contributed by atoms with van der Waals surface area (Å²) in [6, 6.07) is 16.4. The highest BCUT2D eigenvalue weighted by Gasteiger charge is 2.34. The Bertz CT molecular complexity index is 1220. The molecule has 8 nitrogen and oxygen atoms in total. The highest BCUT2D eigenvalue weighted by atomic mass is 32.2. The summed E-state index contributed by atoms with van der Waals surface area (Å²) in [6.45, 7) is 1.82. The van der Waals surface area contributed by atoms with E-state index in [1.165, 1.54) is 0 Å². The van der Waals surface area contributed by atoms with Crippen LogP contribution in [0.5, 0.6) is 5.75 Å². The lowest BCUT2D eigenvalue weighted by molar-refractivity contribution is -0.122. The van der Waals surface area contributed by atoms with Crippen LogP contribution in [0.25, 0.3) is 17.3 Å². The SMILES string of the molecule is COc1ccc(/C=C2\SC(=O)N(CCNC(=O)c3c(-c4ccccc4)noc3C)C2=O)cc1. The molecule has 0 spiro atoms. The molecule has 0 unspecified atom stereocenters. The molecule has 1 aliphatic rings. The van der Waals surface area contributed by atoms with E-state index < -0.39 is 0 Å². The number of imide groups is 1. The summed E-state index contributed by atoms with van der Waals surface area (Å²) in [5.74, 6) is 0.323. The van der Waals surface area contributed by atoms with Crippen molar-refractivity contribution in [3.63, 3.8) is 0 Å². The number of thioether (sulfide) groups is 1. The van der Waals surface area contributed by atoms with Crippen LogP contribution in [0.3, 0.4) is 0 Å². The monoisotopic (exact) mass is 463 g/mol. The molecule has 2 aromatic carbocycles. The Morgan fingerprint density at radius 2 is 1.88 bits per heavy atom. The second-order valence-corrected chi connectivity index (χ2v) is 8.18. The van der Waals surface area contributed by atoms with Gasteiger partial charge in [0.1, 0.15) is 22.8 Å². The minimum atomic E-state index is -0.388. The minimum Gasteiger partial charge on any atom is -0.497 e. The number of aromatic nitrogens is 1. The van der Waals surface area contributed by atoms with Crippen molar-refractivity contribution in [1.29, 1.82) is 0 Å². The van der Waals surface area contributed by atoms with Crippen LogP contribution >= 0.6 is 11.8 Å². The maximum atomic E-state index is 12.8. The van der Waals surface area contributed by atoms with Gasteiger partial charge < -0.3 is 14.6 Å². The maximum Gasteiger partial charge on any atom is 0.293 e. The van der Waals surface area contributed by atoms with E-state index in [2.05, 4.69) is 10.5 Å². The first-order valence-corrected chi connectivity index (χ1v) is 11.0. The summed E-state index contributed by atoms with van der Waals surface area (Å²) in [6.07, 6.45) is 1.66. The number of nitrogens with zero attached hydrogens (tertiary/aromatic N) is 2. The van der Waals surface area contributed by atoms with Crippen molar-refractivity contribution in [3.8, 4) is 17.0 Å². The van der Waals surface area contributed by atoms with Gasteiger partial charge in [-0.3, -0.25) is 19.3 Å². The molecule has 1 saturated heterocycles. The average molecular weight is 464 g/mol. The number of amides is 3. The molecule has 1 N–H and O–H groups in total. The van der Waals surface area contributed by atoms with E-state index in [1.54, 1.807) is 44.4 Å². The fraction of sp³-hybridized carbons (Fsp3) is 0.167. The smallest absolute Gasteiger partial charge is 0.293 e. The Kier molecular flexibility index (Phi) is 6.60. The predicted molar refractivity (Wildman–Crippen MR) is 125 cm³/mol. The molecule has 0 saturated carbocycles. The molecule has 3 aromatic rings. The first-order chi connectivity index (χ1) is 16.0. The Balaban J connectivity index is 1.39. The van der Waals surface area contributed by atoms with Gasteiger partial charge in [0.05, 0.1) is 12.0 Å². The molecular weight excluding hydrogens is 442 g/mol. The summed E-state index contributed by atoms with van der Waals surface area (Å²) in [5, 5.41) is 6.38. The van der Waals surface area contributed by atoms with Crippen molar-refractivity contribution in [2.45, 2.75) is 6.92 Å². The lowest BCUT2D eigenvalue weighted by atomic mass is 10.1. The highest BCUT2D eigenvalue weighted by molar-refractivity contribution is 8.18. The molecule has 0 bridgehead atoms. The zero-order valence-electron chi connectivity index (χ0n) is 18.0. The van der Waals surface area contributed by atoms with Gasteiger partial charge in [0, 0.05) is 18.7 Å². The Labute approximate surface area is 194 Å². The van der Waals surface area contributed by atoms with E-state index in [0.717, 1.165) is 27.8 Å². The van der Waals surface area contributed by atoms with E-state index in [0.29, 0.717) is 27.7 Å². The number of benzene rings is 2. The number of hydrogen-bond donors (Lipinski definition) is 1. The van der Waals surface area contributed by atoms with Crippen LogP contribution in [0.1, 0.15) is 21.7 Å². The largest absolute Gasteiger partial charge is 0.497 e. The third kappa shape index (κ3) is 4.83. The summed E-state index contributed by atoms with van der Waals surface area (Å²) >= 11 is 0.875. The second kappa shape index (κ2) is 9.74. The predicted octanol–water partition coefficient (Wildman–Crippen LogP) is 4.12. The highest BCUT2D eigenvalue weighted by Crippen LogP contribution is 2.32. The number of nitrogens with one attached hydrogen (secondary N) is 1. The van der Waals surface area contributed by atoms with Crippen molar-refractivity contribution in [2.24, 2.45) is 0 Å². The first-order valence-electron chi connectivity index (χ1n) is 10.2. The molecule has 4 rings (SSSR count). The molecule has 1 aromatic heterocycles. The van der Waals surface area contributed by atoms with Gasteiger partial charge in [0.25, 0.3) is 17.1 Å². The maximum absolute atomic E-state index is 12.8. The van der Waals surface area contributed by atoms with Crippen LogP contribution in [0.15, 0.2) is 64.0 Å². The lowest BCUT2D eigenvalue weighted by Crippen LogP contribution is -2.37. The molecule has 1 aliphatic heterocycles. The van der Waals surface area contributed by atoms with Gasteiger partial charge in [-0.2, -0.15) is 0 Å². The summed E-state index contributed by atoms with van der Waals surface area (Å²) < 4.78 is 10.3. The van der Waals surface area contributed by atoms with Crippen LogP contribution in [0, 0.1) is 6.92 Å². The number of ether oxygens (including phenoxy) is 1.